The van der Waals surface area contributed by atoms with E-state index in [1.54, 1.807) is 9.80 Å². The van der Waals surface area contributed by atoms with Crippen LogP contribution in [0.5, 0.6) is 0 Å². The number of urea groups is 1. The second kappa shape index (κ2) is 10.5. The SMILES string of the molecule is Cc1cn(C2COC(CN3CCN(C(=O)OC(C)(C)C)CC3)OC2)c2ccc(N3CCC(=O)NC3=O)cc12. The van der Waals surface area contributed by atoms with Gasteiger partial charge in [0.25, 0.3) is 0 Å². The molecule has 0 spiro atoms. The molecule has 11 heteroatoms. The van der Waals surface area contributed by atoms with E-state index in [9.17, 15) is 14.4 Å². The lowest BCUT2D eigenvalue weighted by Gasteiger charge is -2.38. The van der Waals surface area contributed by atoms with Crippen molar-refractivity contribution in [3.8, 4) is 0 Å². The van der Waals surface area contributed by atoms with Gasteiger partial charge in [-0.3, -0.25) is 19.9 Å². The number of imide groups is 1. The molecule has 5 rings (SSSR count). The van der Waals surface area contributed by atoms with Crippen LogP contribution in [0.3, 0.4) is 0 Å². The molecule has 0 saturated carbocycles. The summed E-state index contributed by atoms with van der Waals surface area (Å²) in [5.74, 6) is -0.242. The van der Waals surface area contributed by atoms with Crippen molar-refractivity contribution in [1.29, 1.82) is 0 Å². The number of aryl methyl sites for hydroxylation is 1. The van der Waals surface area contributed by atoms with E-state index < -0.39 is 5.60 Å². The summed E-state index contributed by atoms with van der Waals surface area (Å²) in [5.41, 5.74) is 2.42. The van der Waals surface area contributed by atoms with Crippen LogP contribution in [-0.2, 0) is 19.0 Å². The molecule has 11 nitrogen and oxygen atoms in total. The second-order valence-corrected chi connectivity index (χ2v) is 11.2. The number of anilines is 1. The molecule has 0 unspecified atom stereocenters. The predicted molar refractivity (Wildman–Crippen MR) is 141 cm³/mol. The summed E-state index contributed by atoms with van der Waals surface area (Å²) in [6, 6.07) is 5.58. The normalized spacial score (nSPS) is 23.6. The van der Waals surface area contributed by atoms with Crippen LogP contribution in [0.1, 0.15) is 38.8 Å². The number of hydrogen-bond acceptors (Lipinski definition) is 7. The van der Waals surface area contributed by atoms with Crippen LogP contribution < -0.4 is 10.2 Å². The van der Waals surface area contributed by atoms with Crippen LogP contribution in [0.25, 0.3) is 10.9 Å². The smallest absolute Gasteiger partial charge is 0.410 e. The molecular weight excluding hydrogens is 490 g/mol. The van der Waals surface area contributed by atoms with Gasteiger partial charge in [0.2, 0.25) is 5.91 Å². The molecule has 4 amide bonds. The number of amides is 4. The van der Waals surface area contributed by atoms with Gasteiger partial charge in [-0.1, -0.05) is 0 Å². The summed E-state index contributed by atoms with van der Waals surface area (Å²) in [6.45, 7) is 12.5. The highest BCUT2D eigenvalue weighted by Crippen LogP contribution is 2.31. The first-order valence-corrected chi connectivity index (χ1v) is 13.2. The summed E-state index contributed by atoms with van der Waals surface area (Å²) in [6.07, 6.45) is 1.82. The van der Waals surface area contributed by atoms with Gasteiger partial charge in [-0.2, -0.15) is 0 Å². The van der Waals surface area contributed by atoms with Gasteiger partial charge < -0.3 is 23.7 Å². The van der Waals surface area contributed by atoms with Gasteiger partial charge in [0.15, 0.2) is 6.29 Å². The minimum absolute atomic E-state index is 0.0354. The van der Waals surface area contributed by atoms with Crippen molar-refractivity contribution in [3.63, 3.8) is 0 Å². The van der Waals surface area contributed by atoms with Gasteiger partial charge in [-0.25, -0.2) is 9.59 Å². The third-order valence-corrected chi connectivity index (χ3v) is 7.16. The van der Waals surface area contributed by atoms with Gasteiger partial charge in [0.1, 0.15) is 5.60 Å². The molecule has 3 aliphatic rings. The van der Waals surface area contributed by atoms with Crippen molar-refractivity contribution in [1.82, 2.24) is 19.7 Å². The van der Waals surface area contributed by atoms with E-state index in [4.69, 9.17) is 14.2 Å². The lowest BCUT2D eigenvalue weighted by Crippen LogP contribution is -2.52. The molecule has 2 aromatic rings. The Morgan fingerprint density at radius 2 is 1.79 bits per heavy atom. The van der Waals surface area contributed by atoms with E-state index in [2.05, 4.69) is 21.0 Å². The van der Waals surface area contributed by atoms with Crippen LogP contribution in [0, 0.1) is 6.92 Å². The molecule has 1 N–H and O–H groups in total. The second-order valence-electron chi connectivity index (χ2n) is 11.2. The highest BCUT2D eigenvalue weighted by atomic mass is 16.7. The first-order valence-electron chi connectivity index (χ1n) is 13.2. The first-order chi connectivity index (χ1) is 18.1. The van der Waals surface area contributed by atoms with Crippen molar-refractivity contribution >= 4 is 34.6 Å². The van der Waals surface area contributed by atoms with E-state index in [1.165, 1.54) is 0 Å². The summed E-state index contributed by atoms with van der Waals surface area (Å²) in [4.78, 5) is 41.7. The lowest BCUT2D eigenvalue weighted by molar-refractivity contribution is -0.204. The Morgan fingerprint density at radius 1 is 1.08 bits per heavy atom. The molecule has 0 radical (unpaired) electrons. The van der Waals surface area contributed by atoms with Crippen LogP contribution >= 0.6 is 0 Å². The van der Waals surface area contributed by atoms with E-state index in [0.29, 0.717) is 45.8 Å². The average Bonchev–Trinajstić information content (AvgIpc) is 3.19. The van der Waals surface area contributed by atoms with E-state index in [0.717, 1.165) is 35.2 Å². The molecule has 0 bridgehead atoms. The topological polar surface area (TPSA) is 106 Å². The van der Waals surface area contributed by atoms with E-state index in [-0.39, 0.29) is 30.4 Å². The molecule has 0 aliphatic carbocycles. The fraction of sp³-hybridized carbons (Fsp3) is 0.593. The molecule has 4 heterocycles. The molecule has 3 fully saturated rings. The van der Waals surface area contributed by atoms with Crippen LogP contribution in [0.15, 0.2) is 24.4 Å². The summed E-state index contributed by atoms with van der Waals surface area (Å²) in [5, 5.41) is 3.43. The predicted octanol–water partition coefficient (Wildman–Crippen LogP) is 2.86. The average molecular weight is 528 g/mol. The van der Waals surface area contributed by atoms with Crippen molar-refractivity contribution < 1.29 is 28.6 Å². The number of ether oxygens (including phenoxy) is 3. The molecule has 38 heavy (non-hydrogen) atoms. The zero-order valence-electron chi connectivity index (χ0n) is 22.6. The Morgan fingerprint density at radius 3 is 2.45 bits per heavy atom. The number of fused-ring (bicyclic) bond motifs is 1. The maximum absolute atomic E-state index is 12.3. The fourth-order valence-electron chi connectivity index (χ4n) is 5.14. The number of benzene rings is 1. The molecule has 3 aliphatic heterocycles. The van der Waals surface area contributed by atoms with E-state index in [1.807, 2.05) is 45.9 Å². The molecule has 206 valence electrons. The van der Waals surface area contributed by atoms with Crippen LogP contribution in [0.4, 0.5) is 15.3 Å². The van der Waals surface area contributed by atoms with Crippen LogP contribution in [-0.4, -0.2) is 96.8 Å². The van der Waals surface area contributed by atoms with Crippen molar-refractivity contribution in [2.24, 2.45) is 0 Å². The highest BCUT2D eigenvalue weighted by molar-refractivity contribution is 6.06. The van der Waals surface area contributed by atoms with Gasteiger partial charge in [0.05, 0.1) is 19.3 Å². The third-order valence-electron chi connectivity index (χ3n) is 7.16. The maximum atomic E-state index is 12.3. The van der Waals surface area contributed by atoms with Gasteiger partial charge in [-0.05, 0) is 51.5 Å². The Balaban J connectivity index is 1.15. The number of nitrogens with one attached hydrogen (secondary N) is 1. The third kappa shape index (κ3) is 5.79. The quantitative estimate of drug-likeness (QED) is 0.652. The molecule has 0 atom stereocenters. The summed E-state index contributed by atoms with van der Waals surface area (Å²) < 4.78 is 19.9. The van der Waals surface area contributed by atoms with Crippen molar-refractivity contribution in [2.75, 3.05) is 57.4 Å². The summed E-state index contributed by atoms with van der Waals surface area (Å²) >= 11 is 0. The number of carbonyl (C=O) groups excluding carboxylic acids is 3. The number of piperazine rings is 1. The van der Waals surface area contributed by atoms with Crippen LogP contribution in [0.2, 0.25) is 0 Å². The van der Waals surface area contributed by atoms with Gasteiger partial charge >= 0.3 is 12.1 Å². The zero-order valence-corrected chi connectivity index (χ0v) is 22.6. The largest absolute Gasteiger partial charge is 0.444 e. The van der Waals surface area contributed by atoms with Crippen molar-refractivity contribution in [3.05, 3.63) is 30.0 Å². The monoisotopic (exact) mass is 527 g/mol. The first kappa shape index (κ1) is 26.5. The van der Waals surface area contributed by atoms with Gasteiger partial charge in [-0.15, -0.1) is 0 Å². The Hall–Kier alpha value is -3.15. The maximum Gasteiger partial charge on any atom is 0.410 e. The standard InChI is InChI=1S/C27H37N5O6/c1-18-14-32(22-6-5-19(13-21(18)22)31-8-7-23(33)28-25(31)34)20-16-36-24(37-17-20)15-29-9-11-30(12-10-29)26(35)38-27(2,3)4/h5-6,13-14,20,24H,7-12,15-17H2,1-4H3,(H,28,33,34). The van der Waals surface area contributed by atoms with Gasteiger partial charge in [0, 0.05) is 68.5 Å². The van der Waals surface area contributed by atoms with Crippen molar-refractivity contribution in [2.45, 2.75) is 52.0 Å². The molecular formula is C27H37N5O6. The molecule has 1 aromatic carbocycles. The lowest BCUT2D eigenvalue weighted by atomic mass is 10.1. The minimum atomic E-state index is -0.494. The minimum Gasteiger partial charge on any atom is -0.444 e. The fourth-order valence-corrected chi connectivity index (χ4v) is 5.14. The Labute approximate surface area is 222 Å². The number of carbonyl (C=O) groups is 3. The number of nitrogens with zero attached hydrogens (tertiary/aromatic N) is 4. The van der Waals surface area contributed by atoms with E-state index >= 15 is 0 Å². The summed E-state index contributed by atoms with van der Waals surface area (Å²) in [7, 11) is 0. The number of rotatable bonds is 4. The zero-order chi connectivity index (χ0) is 27.0. The molecule has 1 aromatic heterocycles. The Bertz CT molecular complexity index is 1200. The number of hydrogen-bond donors (Lipinski definition) is 1. The number of aromatic nitrogens is 1. The Kier molecular flexibility index (Phi) is 7.34. The molecule has 3 saturated heterocycles. The highest BCUT2D eigenvalue weighted by Gasteiger charge is 2.30.